The Kier molecular flexibility index (Phi) is 9.46. The highest BCUT2D eigenvalue weighted by molar-refractivity contribution is 6.07. The van der Waals surface area contributed by atoms with E-state index in [0.717, 1.165) is 31.0 Å². The number of alkyl halides is 2. The third-order valence-corrected chi connectivity index (χ3v) is 7.01. The van der Waals surface area contributed by atoms with Crippen LogP contribution in [0.25, 0.3) is 10.9 Å². The molecule has 2 aromatic rings. The van der Waals surface area contributed by atoms with E-state index in [4.69, 9.17) is 14.7 Å². The zero-order chi connectivity index (χ0) is 30.5. The van der Waals surface area contributed by atoms with Gasteiger partial charge in [0, 0.05) is 50.7 Å². The van der Waals surface area contributed by atoms with Crippen LogP contribution in [0.4, 0.5) is 13.6 Å². The Hall–Kier alpha value is -4.05. The van der Waals surface area contributed by atoms with Gasteiger partial charge in [-0.2, -0.15) is 5.26 Å². The van der Waals surface area contributed by atoms with Crippen LogP contribution in [-0.4, -0.2) is 108 Å². The Morgan fingerprint density at radius 2 is 1.90 bits per heavy atom. The number of fused-ring (bicyclic) bond motifs is 1. The van der Waals surface area contributed by atoms with E-state index in [-0.39, 0.29) is 11.7 Å². The summed E-state index contributed by atoms with van der Waals surface area (Å²) in [6, 6.07) is 7.18. The molecule has 1 unspecified atom stereocenters. The first-order valence-corrected chi connectivity index (χ1v) is 13.9. The SMILES string of the molecule is CC(C)(C)OC(=O)N1CCN(CCCOc2ccc3nccc(C(=O)NCC(=O)N4CC(F)(F)CC4C#N)c3c2)CC1. The van der Waals surface area contributed by atoms with Crippen LogP contribution < -0.4 is 10.1 Å². The van der Waals surface area contributed by atoms with E-state index < -0.39 is 48.9 Å². The average Bonchev–Trinajstić information content (AvgIpc) is 3.27. The number of carbonyl (C=O) groups is 3. The minimum Gasteiger partial charge on any atom is -0.494 e. The molecule has 11 nitrogen and oxygen atoms in total. The minimum atomic E-state index is -3.13. The number of piperazine rings is 1. The van der Waals surface area contributed by atoms with Crippen LogP contribution in [0.2, 0.25) is 0 Å². The number of amides is 3. The number of rotatable bonds is 8. The quantitative estimate of drug-likeness (QED) is 0.468. The fourth-order valence-corrected chi connectivity index (χ4v) is 4.92. The van der Waals surface area contributed by atoms with Crippen molar-refractivity contribution in [2.24, 2.45) is 0 Å². The van der Waals surface area contributed by atoms with Crippen molar-refractivity contribution in [1.82, 2.24) is 25.0 Å². The summed E-state index contributed by atoms with van der Waals surface area (Å²) >= 11 is 0. The standard InChI is InChI=1S/C29H36F2N6O5/c1-28(2,3)42-27(40)36-12-10-35(11-13-36)9-4-14-41-21-5-6-24-23(15-21)22(7-8-33-24)26(39)34-18-25(38)37-19-29(30,31)16-20(37)17-32/h5-8,15,20H,4,9-14,16,18-19H2,1-3H3,(H,34,39). The van der Waals surface area contributed by atoms with Crippen molar-refractivity contribution in [1.29, 1.82) is 5.26 Å². The molecule has 3 amide bonds. The second kappa shape index (κ2) is 12.9. The van der Waals surface area contributed by atoms with Crippen molar-refractivity contribution in [2.45, 2.75) is 51.2 Å². The zero-order valence-corrected chi connectivity index (χ0v) is 24.1. The lowest BCUT2D eigenvalue weighted by Gasteiger charge is -2.35. The summed E-state index contributed by atoms with van der Waals surface area (Å²) < 4.78 is 38.7. The third kappa shape index (κ3) is 8.03. The number of nitrogens with one attached hydrogen (secondary N) is 1. The van der Waals surface area contributed by atoms with E-state index in [1.807, 2.05) is 20.8 Å². The van der Waals surface area contributed by atoms with Crippen molar-refractivity contribution >= 4 is 28.8 Å². The monoisotopic (exact) mass is 586 g/mol. The van der Waals surface area contributed by atoms with Gasteiger partial charge in [0.1, 0.15) is 17.4 Å². The normalized spacial score (nSPS) is 18.9. The Bertz CT molecular complexity index is 1350. The summed E-state index contributed by atoms with van der Waals surface area (Å²) in [5.41, 5.74) is 0.282. The molecule has 0 radical (unpaired) electrons. The largest absolute Gasteiger partial charge is 0.494 e. The van der Waals surface area contributed by atoms with Crippen molar-refractivity contribution in [2.75, 3.05) is 52.4 Å². The van der Waals surface area contributed by atoms with E-state index in [0.29, 0.717) is 36.3 Å². The predicted molar refractivity (Wildman–Crippen MR) is 149 cm³/mol. The molecule has 1 N–H and O–H groups in total. The summed E-state index contributed by atoms with van der Waals surface area (Å²) in [4.78, 5) is 46.7. The Morgan fingerprint density at radius 1 is 1.17 bits per heavy atom. The number of hydrogen-bond acceptors (Lipinski definition) is 8. The van der Waals surface area contributed by atoms with Gasteiger partial charge in [0.2, 0.25) is 5.91 Å². The van der Waals surface area contributed by atoms with Gasteiger partial charge in [-0.25, -0.2) is 13.6 Å². The van der Waals surface area contributed by atoms with Crippen LogP contribution in [0.5, 0.6) is 5.75 Å². The second-order valence-electron chi connectivity index (χ2n) is 11.5. The van der Waals surface area contributed by atoms with E-state index in [2.05, 4.69) is 15.2 Å². The molecule has 1 atom stereocenters. The number of halogens is 2. The molecule has 4 rings (SSSR count). The number of nitrogens with zero attached hydrogens (tertiary/aromatic N) is 5. The highest BCUT2D eigenvalue weighted by Crippen LogP contribution is 2.31. The van der Waals surface area contributed by atoms with Gasteiger partial charge < -0.3 is 24.6 Å². The van der Waals surface area contributed by atoms with Gasteiger partial charge in [-0.1, -0.05) is 0 Å². The Labute approximate surface area is 243 Å². The van der Waals surface area contributed by atoms with Gasteiger partial charge in [0.25, 0.3) is 11.8 Å². The number of carbonyl (C=O) groups excluding carboxylic acids is 3. The van der Waals surface area contributed by atoms with Crippen molar-refractivity contribution < 1.29 is 32.6 Å². The maximum absolute atomic E-state index is 13.7. The number of ether oxygens (including phenoxy) is 2. The highest BCUT2D eigenvalue weighted by atomic mass is 19.3. The van der Waals surface area contributed by atoms with Crippen LogP contribution in [0.15, 0.2) is 30.5 Å². The molecular formula is C29H36F2N6O5. The summed E-state index contributed by atoms with van der Waals surface area (Å²) in [5, 5.41) is 12.1. The molecule has 0 spiro atoms. The molecule has 2 fully saturated rings. The molecule has 0 aliphatic carbocycles. The van der Waals surface area contributed by atoms with E-state index in [1.54, 1.807) is 29.2 Å². The molecule has 13 heteroatoms. The molecule has 1 aromatic carbocycles. The molecule has 42 heavy (non-hydrogen) atoms. The minimum absolute atomic E-state index is 0.254. The smallest absolute Gasteiger partial charge is 0.410 e. The number of benzene rings is 1. The lowest BCUT2D eigenvalue weighted by molar-refractivity contribution is -0.131. The topological polar surface area (TPSA) is 128 Å². The number of hydrogen-bond donors (Lipinski definition) is 1. The number of likely N-dealkylation sites (tertiary alicyclic amines) is 1. The lowest BCUT2D eigenvalue weighted by atomic mass is 10.1. The summed E-state index contributed by atoms with van der Waals surface area (Å²) in [6.45, 7) is 8.13. The average molecular weight is 587 g/mol. The Morgan fingerprint density at radius 3 is 2.60 bits per heavy atom. The third-order valence-electron chi connectivity index (χ3n) is 7.01. The van der Waals surface area contributed by atoms with Gasteiger partial charge in [0.05, 0.1) is 36.8 Å². The molecule has 2 aliphatic rings. The van der Waals surface area contributed by atoms with Gasteiger partial charge in [-0.3, -0.25) is 19.5 Å². The van der Waals surface area contributed by atoms with Gasteiger partial charge in [-0.05, 0) is 51.5 Å². The first kappa shape index (κ1) is 30.9. The summed E-state index contributed by atoms with van der Waals surface area (Å²) in [7, 11) is 0. The fraction of sp³-hybridized carbons (Fsp3) is 0.552. The maximum atomic E-state index is 13.7. The van der Waals surface area contributed by atoms with Crippen LogP contribution in [0.3, 0.4) is 0 Å². The van der Waals surface area contributed by atoms with Crippen LogP contribution in [-0.2, 0) is 9.53 Å². The molecule has 2 aliphatic heterocycles. The molecule has 0 bridgehead atoms. The highest BCUT2D eigenvalue weighted by Gasteiger charge is 2.47. The Balaban J connectivity index is 1.26. The van der Waals surface area contributed by atoms with Crippen molar-refractivity contribution in [3.05, 3.63) is 36.0 Å². The zero-order valence-electron chi connectivity index (χ0n) is 24.1. The molecular weight excluding hydrogens is 550 g/mol. The second-order valence-corrected chi connectivity index (χ2v) is 11.5. The molecule has 1 aromatic heterocycles. The van der Waals surface area contributed by atoms with Crippen LogP contribution >= 0.6 is 0 Å². The van der Waals surface area contributed by atoms with Gasteiger partial charge in [0.15, 0.2) is 0 Å². The molecule has 0 saturated carbocycles. The van der Waals surface area contributed by atoms with Crippen LogP contribution in [0, 0.1) is 11.3 Å². The first-order chi connectivity index (χ1) is 19.8. The van der Waals surface area contributed by atoms with E-state index >= 15 is 0 Å². The fourth-order valence-electron chi connectivity index (χ4n) is 4.92. The summed E-state index contributed by atoms with van der Waals surface area (Å²) in [6.07, 6.45) is 1.21. The van der Waals surface area contributed by atoms with Crippen molar-refractivity contribution in [3.63, 3.8) is 0 Å². The van der Waals surface area contributed by atoms with Gasteiger partial charge in [-0.15, -0.1) is 0 Å². The predicted octanol–water partition coefficient (Wildman–Crippen LogP) is 3.05. The van der Waals surface area contributed by atoms with Crippen molar-refractivity contribution in [3.8, 4) is 11.8 Å². The molecule has 2 saturated heterocycles. The first-order valence-electron chi connectivity index (χ1n) is 13.9. The lowest BCUT2D eigenvalue weighted by Crippen LogP contribution is -2.50. The van der Waals surface area contributed by atoms with Crippen LogP contribution in [0.1, 0.15) is 44.0 Å². The molecule has 3 heterocycles. The number of aromatic nitrogens is 1. The van der Waals surface area contributed by atoms with E-state index in [9.17, 15) is 23.2 Å². The van der Waals surface area contributed by atoms with Gasteiger partial charge >= 0.3 is 6.09 Å². The molecule has 226 valence electrons. The maximum Gasteiger partial charge on any atom is 0.410 e. The summed E-state index contributed by atoms with van der Waals surface area (Å²) in [5.74, 6) is -3.90. The van der Waals surface area contributed by atoms with E-state index in [1.165, 1.54) is 12.3 Å². The number of pyridine rings is 1. The number of nitriles is 1.